The van der Waals surface area contributed by atoms with Crippen LogP contribution in [0.4, 0.5) is 0 Å². The number of hydrogen-bond donors (Lipinski definition) is 1. The zero-order chi connectivity index (χ0) is 13.9. The number of benzene rings is 1. The van der Waals surface area contributed by atoms with E-state index < -0.39 is 0 Å². The zero-order valence-corrected chi connectivity index (χ0v) is 14.7. The minimum Gasteiger partial charge on any atom is -0.387 e. The Morgan fingerprint density at radius 1 is 1.25 bits per heavy atom. The van der Waals surface area contributed by atoms with E-state index in [2.05, 4.69) is 62.2 Å². The van der Waals surface area contributed by atoms with Gasteiger partial charge in [-0.15, -0.1) is 11.3 Å². The van der Waals surface area contributed by atoms with E-state index in [0.717, 1.165) is 13.1 Å². The van der Waals surface area contributed by atoms with E-state index in [4.69, 9.17) is 0 Å². The molecule has 2 aromatic rings. The molecule has 1 saturated carbocycles. The summed E-state index contributed by atoms with van der Waals surface area (Å²) in [5.74, 6) is 1.63. The van der Waals surface area contributed by atoms with E-state index in [1.807, 2.05) is 0 Å². The van der Waals surface area contributed by atoms with Crippen LogP contribution in [0.1, 0.15) is 34.4 Å². The van der Waals surface area contributed by atoms with Gasteiger partial charge in [-0.3, -0.25) is 0 Å². The van der Waals surface area contributed by atoms with Crippen molar-refractivity contribution in [3.63, 3.8) is 0 Å². The number of hydrogen-bond acceptors (Lipinski definition) is 2. The van der Waals surface area contributed by atoms with Crippen LogP contribution in [0.5, 0.6) is 0 Å². The first kappa shape index (κ1) is 13.5. The first-order valence-corrected chi connectivity index (χ1v) is 9.27. The predicted molar refractivity (Wildman–Crippen MR) is 89.2 cm³/mol. The van der Waals surface area contributed by atoms with Crippen LogP contribution in [-0.4, -0.2) is 5.11 Å². The quantitative estimate of drug-likeness (QED) is 0.709. The maximum atomic E-state index is 10.7. The van der Waals surface area contributed by atoms with E-state index in [-0.39, 0.29) is 6.10 Å². The highest BCUT2D eigenvalue weighted by atomic mass is 79.9. The Hall–Kier alpha value is -0.160. The molecular weight excluding hydrogens is 400 g/mol. The Labute approximate surface area is 139 Å². The SMILES string of the molecule is OC(c1cc(Br)c(Br)s1)C1C2CCc3ccccc3C21. The molecule has 0 saturated heterocycles. The summed E-state index contributed by atoms with van der Waals surface area (Å²) in [6.45, 7) is 0. The van der Waals surface area contributed by atoms with E-state index in [9.17, 15) is 5.11 Å². The van der Waals surface area contributed by atoms with Crippen molar-refractivity contribution in [3.8, 4) is 0 Å². The van der Waals surface area contributed by atoms with Crippen LogP contribution in [0.3, 0.4) is 0 Å². The summed E-state index contributed by atoms with van der Waals surface area (Å²) < 4.78 is 2.11. The number of aliphatic hydroxyl groups is 1. The third-order valence-corrected chi connectivity index (χ3v) is 8.04. The molecule has 4 unspecified atom stereocenters. The summed E-state index contributed by atoms with van der Waals surface area (Å²) in [4.78, 5) is 1.07. The van der Waals surface area contributed by atoms with Crippen LogP contribution < -0.4 is 0 Å². The second-order valence-corrected chi connectivity index (χ2v) is 8.98. The van der Waals surface area contributed by atoms with Gasteiger partial charge in [0, 0.05) is 15.3 Å². The van der Waals surface area contributed by atoms with Gasteiger partial charge in [0.05, 0.1) is 9.89 Å². The molecule has 1 fully saturated rings. The van der Waals surface area contributed by atoms with Gasteiger partial charge in [0.15, 0.2) is 0 Å². The second-order valence-electron chi connectivity index (χ2n) is 5.72. The van der Waals surface area contributed by atoms with Crippen LogP contribution in [-0.2, 0) is 6.42 Å². The molecule has 4 atom stereocenters. The highest BCUT2D eigenvalue weighted by Crippen LogP contribution is 2.64. The Morgan fingerprint density at radius 2 is 2.05 bits per heavy atom. The van der Waals surface area contributed by atoms with Crippen LogP contribution >= 0.6 is 43.2 Å². The molecule has 104 valence electrons. The van der Waals surface area contributed by atoms with Crippen LogP contribution in [0.25, 0.3) is 0 Å². The van der Waals surface area contributed by atoms with Gasteiger partial charge < -0.3 is 5.11 Å². The van der Waals surface area contributed by atoms with E-state index in [1.54, 1.807) is 11.3 Å². The molecule has 0 aliphatic heterocycles. The van der Waals surface area contributed by atoms with Crippen LogP contribution in [0.15, 0.2) is 38.6 Å². The van der Waals surface area contributed by atoms with Crippen molar-refractivity contribution in [2.45, 2.75) is 24.9 Å². The van der Waals surface area contributed by atoms with Gasteiger partial charge in [0.2, 0.25) is 0 Å². The Morgan fingerprint density at radius 3 is 2.80 bits per heavy atom. The van der Waals surface area contributed by atoms with Gasteiger partial charge in [-0.1, -0.05) is 24.3 Å². The van der Waals surface area contributed by atoms with Crippen molar-refractivity contribution in [1.82, 2.24) is 0 Å². The fourth-order valence-electron chi connectivity index (χ4n) is 3.75. The third kappa shape index (κ3) is 2.04. The lowest BCUT2D eigenvalue weighted by Crippen LogP contribution is -2.00. The molecule has 1 heterocycles. The fourth-order valence-corrected chi connectivity index (χ4v) is 5.88. The molecule has 0 spiro atoms. The number of aryl methyl sites for hydroxylation is 1. The van der Waals surface area contributed by atoms with Gasteiger partial charge in [-0.05, 0) is 73.7 Å². The third-order valence-electron chi connectivity index (χ3n) is 4.71. The summed E-state index contributed by atoms with van der Waals surface area (Å²) in [6.07, 6.45) is 2.05. The number of fused-ring (bicyclic) bond motifs is 3. The molecular formula is C16H14Br2OS. The first-order valence-electron chi connectivity index (χ1n) is 6.87. The van der Waals surface area contributed by atoms with Gasteiger partial charge in [-0.2, -0.15) is 0 Å². The second kappa shape index (κ2) is 4.94. The summed E-state index contributed by atoms with van der Waals surface area (Å²) >= 11 is 8.66. The highest BCUT2D eigenvalue weighted by Gasteiger charge is 2.56. The fraction of sp³-hybridized carbons (Fsp3) is 0.375. The molecule has 0 radical (unpaired) electrons. The number of halogens is 2. The van der Waals surface area contributed by atoms with Gasteiger partial charge in [0.25, 0.3) is 0 Å². The molecule has 2 aliphatic rings. The average Bonchev–Trinajstić information content (AvgIpc) is 3.11. The lowest BCUT2D eigenvalue weighted by molar-refractivity contribution is 0.148. The normalized spacial score (nSPS) is 28.6. The lowest BCUT2D eigenvalue weighted by Gasteiger charge is -2.13. The Balaban J connectivity index is 1.63. The summed E-state index contributed by atoms with van der Waals surface area (Å²) in [5, 5.41) is 10.7. The molecule has 1 nitrogen and oxygen atoms in total. The molecule has 4 rings (SSSR count). The van der Waals surface area contributed by atoms with E-state index >= 15 is 0 Å². The Kier molecular flexibility index (Phi) is 3.33. The summed E-state index contributed by atoms with van der Waals surface area (Å²) in [5.41, 5.74) is 2.96. The molecule has 1 aromatic carbocycles. The summed E-state index contributed by atoms with van der Waals surface area (Å²) in [7, 11) is 0. The molecule has 4 heteroatoms. The van der Waals surface area contributed by atoms with Crippen molar-refractivity contribution in [2.24, 2.45) is 11.8 Å². The van der Waals surface area contributed by atoms with Crippen molar-refractivity contribution < 1.29 is 5.11 Å². The minimum absolute atomic E-state index is 0.330. The number of aliphatic hydroxyl groups excluding tert-OH is 1. The van der Waals surface area contributed by atoms with Gasteiger partial charge in [-0.25, -0.2) is 0 Å². The van der Waals surface area contributed by atoms with E-state index in [0.29, 0.717) is 17.8 Å². The monoisotopic (exact) mass is 412 g/mol. The smallest absolute Gasteiger partial charge is 0.0919 e. The van der Waals surface area contributed by atoms with Crippen molar-refractivity contribution >= 4 is 43.2 Å². The summed E-state index contributed by atoms with van der Waals surface area (Å²) in [6, 6.07) is 10.8. The van der Waals surface area contributed by atoms with Gasteiger partial charge >= 0.3 is 0 Å². The van der Waals surface area contributed by atoms with Gasteiger partial charge in [0.1, 0.15) is 0 Å². The van der Waals surface area contributed by atoms with Crippen LogP contribution in [0, 0.1) is 11.8 Å². The molecule has 1 aromatic heterocycles. The minimum atomic E-state index is -0.330. The topological polar surface area (TPSA) is 20.2 Å². The molecule has 0 amide bonds. The maximum Gasteiger partial charge on any atom is 0.0919 e. The Bertz CT molecular complexity index is 647. The maximum absolute atomic E-state index is 10.7. The predicted octanol–water partition coefficient (Wildman–Crippen LogP) is 5.28. The van der Waals surface area contributed by atoms with Crippen molar-refractivity contribution in [2.75, 3.05) is 0 Å². The lowest BCUT2D eigenvalue weighted by atomic mass is 9.92. The average molecular weight is 414 g/mol. The van der Waals surface area contributed by atoms with E-state index in [1.165, 1.54) is 24.0 Å². The highest BCUT2D eigenvalue weighted by molar-refractivity contribution is 9.13. The molecule has 1 N–H and O–H groups in total. The number of thiophene rings is 1. The van der Waals surface area contributed by atoms with Crippen molar-refractivity contribution in [1.29, 1.82) is 0 Å². The zero-order valence-electron chi connectivity index (χ0n) is 10.7. The number of rotatable bonds is 2. The molecule has 0 bridgehead atoms. The largest absolute Gasteiger partial charge is 0.387 e. The molecule has 20 heavy (non-hydrogen) atoms. The van der Waals surface area contributed by atoms with Crippen molar-refractivity contribution in [3.05, 3.63) is 54.6 Å². The first-order chi connectivity index (χ1) is 9.66. The van der Waals surface area contributed by atoms with Crippen LogP contribution in [0.2, 0.25) is 0 Å². The molecule has 2 aliphatic carbocycles. The standard InChI is InChI=1S/C16H14Br2OS/c17-11-7-12(20-16(11)18)15(19)14-10-6-5-8-3-1-2-4-9(8)13(10)14/h1-4,7,10,13-15,19H,5-6H2.